The number of aryl methyl sites for hydroxylation is 1. The van der Waals surface area contributed by atoms with Crippen LogP contribution in [0.15, 0.2) is 59.5 Å². The average molecular weight is 417 g/mol. The molecule has 0 radical (unpaired) electrons. The molecule has 5 nitrogen and oxygen atoms in total. The minimum Gasteiger partial charge on any atom is -0.354 e. The molecule has 29 heavy (non-hydrogen) atoms. The molecule has 0 heterocycles. The summed E-state index contributed by atoms with van der Waals surface area (Å²) in [6.07, 6.45) is 0.803. The third-order valence-corrected chi connectivity index (χ3v) is 6.89. The number of carbonyl (C=O) groups excluding carboxylic acids is 1. The summed E-state index contributed by atoms with van der Waals surface area (Å²) in [5.41, 5.74) is 2.23. The smallest absolute Gasteiger partial charge is 0.221 e. The quantitative estimate of drug-likeness (QED) is 0.611. The van der Waals surface area contributed by atoms with Crippen LogP contribution < -0.4 is 5.32 Å². The van der Waals surface area contributed by atoms with E-state index >= 15 is 0 Å². The molecule has 0 aliphatic heterocycles. The van der Waals surface area contributed by atoms with Gasteiger partial charge in [0.05, 0.1) is 10.6 Å². The second-order valence-corrected chi connectivity index (χ2v) is 9.36. The summed E-state index contributed by atoms with van der Waals surface area (Å²) in [4.78, 5) is 14.9. The minimum atomic E-state index is -3.46. The zero-order chi connectivity index (χ0) is 21.3. The molecule has 0 saturated heterocycles. The second-order valence-electron chi connectivity index (χ2n) is 7.25. The van der Waals surface area contributed by atoms with Crippen molar-refractivity contribution in [1.82, 2.24) is 10.2 Å². The number of carbonyl (C=O) groups is 1. The number of hydrogen-bond donors (Lipinski definition) is 1. The highest BCUT2D eigenvalue weighted by Crippen LogP contribution is 2.13. The third kappa shape index (κ3) is 7.29. The van der Waals surface area contributed by atoms with Crippen molar-refractivity contribution < 1.29 is 13.2 Å². The van der Waals surface area contributed by atoms with Crippen LogP contribution in [0.3, 0.4) is 0 Å². The molecule has 0 aromatic heterocycles. The lowest BCUT2D eigenvalue weighted by atomic mass is 10.0. The first-order valence-corrected chi connectivity index (χ1v) is 11.8. The second kappa shape index (κ2) is 11.1. The van der Waals surface area contributed by atoms with E-state index in [1.54, 1.807) is 24.3 Å². The van der Waals surface area contributed by atoms with Crippen LogP contribution in [-0.2, 0) is 21.1 Å². The zero-order valence-corrected chi connectivity index (χ0v) is 18.4. The fourth-order valence-corrected chi connectivity index (χ4v) is 4.61. The van der Waals surface area contributed by atoms with Crippen molar-refractivity contribution in [3.8, 4) is 0 Å². The van der Waals surface area contributed by atoms with Crippen LogP contribution in [0.2, 0.25) is 0 Å². The SMILES string of the molecule is CCN(CC)C(CNC(=O)CCS(=O)(=O)c1ccc(C)cc1)Cc1ccccc1. The third-order valence-electron chi connectivity index (χ3n) is 5.16. The van der Waals surface area contributed by atoms with Gasteiger partial charge in [-0.1, -0.05) is 61.9 Å². The Morgan fingerprint density at radius 1 is 1.00 bits per heavy atom. The predicted molar refractivity (Wildman–Crippen MR) is 118 cm³/mol. The van der Waals surface area contributed by atoms with Gasteiger partial charge in [0.25, 0.3) is 0 Å². The Balaban J connectivity index is 1.92. The topological polar surface area (TPSA) is 66.5 Å². The molecule has 2 aromatic rings. The zero-order valence-electron chi connectivity index (χ0n) is 17.6. The number of nitrogens with zero attached hydrogens (tertiary/aromatic N) is 1. The average Bonchev–Trinajstić information content (AvgIpc) is 2.72. The van der Waals surface area contributed by atoms with Gasteiger partial charge in [0.1, 0.15) is 0 Å². The maximum atomic E-state index is 12.4. The minimum absolute atomic E-state index is 0.0352. The van der Waals surface area contributed by atoms with Crippen molar-refractivity contribution in [2.24, 2.45) is 0 Å². The van der Waals surface area contributed by atoms with Gasteiger partial charge >= 0.3 is 0 Å². The van der Waals surface area contributed by atoms with E-state index < -0.39 is 9.84 Å². The van der Waals surface area contributed by atoms with Gasteiger partial charge in [0.2, 0.25) is 5.91 Å². The molecule has 1 atom stereocenters. The molecule has 2 aromatic carbocycles. The highest BCUT2D eigenvalue weighted by molar-refractivity contribution is 7.91. The number of hydrogen-bond acceptors (Lipinski definition) is 4. The van der Waals surface area contributed by atoms with Crippen LogP contribution >= 0.6 is 0 Å². The predicted octanol–water partition coefficient (Wildman–Crippen LogP) is 3.23. The van der Waals surface area contributed by atoms with E-state index in [4.69, 9.17) is 0 Å². The maximum Gasteiger partial charge on any atom is 0.221 e. The summed E-state index contributed by atoms with van der Waals surface area (Å²) in [5, 5.41) is 2.94. The Morgan fingerprint density at radius 2 is 1.62 bits per heavy atom. The van der Waals surface area contributed by atoms with Gasteiger partial charge in [0, 0.05) is 19.0 Å². The fourth-order valence-electron chi connectivity index (χ4n) is 3.37. The van der Waals surface area contributed by atoms with Crippen LogP contribution in [0.1, 0.15) is 31.4 Å². The van der Waals surface area contributed by atoms with Crippen molar-refractivity contribution in [2.45, 2.75) is 44.6 Å². The van der Waals surface area contributed by atoms with E-state index in [0.29, 0.717) is 6.54 Å². The monoisotopic (exact) mass is 416 g/mol. The van der Waals surface area contributed by atoms with E-state index in [0.717, 1.165) is 25.1 Å². The first-order valence-electron chi connectivity index (χ1n) is 10.2. The van der Waals surface area contributed by atoms with Crippen LogP contribution in [-0.4, -0.2) is 50.7 Å². The van der Waals surface area contributed by atoms with Gasteiger partial charge in [-0.2, -0.15) is 0 Å². The summed E-state index contributed by atoms with van der Waals surface area (Å²) in [5.74, 6) is -0.415. The molecule has 1 amide bonds. The Morgan fingerprint density at radius 3 is 2.21 bits per heavy atom. The highest BCUT2D eigenvalue weighted by atomic mass is 32.2. The Kier molecular flexibility index (Phi) is 8.86. The van der Waals surface area contributed by atoms with E-state index in [-0.39, 0.29) is 29.0 Å². The summed E-state index contributed by atoms with van der Waals surface area (Å²) in [6.45, 7) is 8.41. The van der Waals surface area contributed by atoms with Crippen LogP contribution in [0.25, 0.3) is 0 Å². The first kappa shape index (κ1) is 23.1. The molecule has 1 unspecified atom stereocenters. The highest BCUT2D eigenvalue weighted by Gasteiger charge is 2.19. The summed E-state index contributed by atoms with van der Waals surface area (Å²) >= 11 is 0. The standard InChI is InChI=1S/C23H32N2O3S/c1-4-25(5-2)21(17-20-9-7-6-8-10-20)18-24-23(26)15-16-29(27,28)22-13-11-19(3)12-14-22/h6-14,21H,4-5,15-18H2,1-3H3,(H,24,26). The largest absolute Gasteiger partial charge is 0.354 e. The van der Waals surface area contributed by atoms with Crippen LogP contribution in [0.5, 0.6) is 0 Å². The summed E-state index contributed by atoms with van der Waals surface area (Å²) in [6, 6.07) is 17.1. The Labute approximate surface area is 175 Å². The van der Waals surface area contributed by atoms with Crippen LogP contribution in [0.4, 0.5) is 0 Å². The van der Waals surface area contributed by atoms with Crippen molar-refractivity contribution in [2.75, 3.05) is 25.4 Å². The molecular weight excluding hydrogens is 384 g/mol. The first-order chi connectivity index (χ1) is 13.9. The number of nitrogens with one attached hydrogen (secondary N) is 1. The molecular formula is C23H32N2O3S. The van der Waals surface area contributed by atoms with Crippen molar-refractivity contribution in [3.63, 3.8) is 0 Å². The van der Waals surface area contributed by atoms with Gasteiger partial charge in [-0.15, -0.1) is 0 Å². The molecule has 0 fully saturated rings. The van der Waals surface area contributed by atoms with Crippen LogP contribution in [0, 0.1) is 6.92 Å². The van der Waals surface area contributed by atoms with Crippen molar-refractivity contribution >= 4 is 15.7 Å². The maximum absolute atomic E-state index is 12.4. The van der Waals surface area contributed by atoms with Gasteiger partial charge in [-0.05, 0) is 44.1 Å². The van der Waals surface area contributed by atoms with Gasteiger partial charge in [0.15, 0.2) is 9.84 Å². The molecule has 0 spiro atoms. The lowest BCUT2D eigenvalue weighted by Crippen LogP contribution is -2.45. The number of rotatable bonds is 11. The molecule has 0 saturated carbocycles. The number of benzene rings is 2. The molecule has 158 valence electrons. The summed E-state index contributed by atoms with van der Waals surface area (Å²) < 4.78 is 24.9. The van der Waals surface area contributed by atoms with Gasteiger partial charge < -0.3 is 5.32 Å². The molecule has 0 aliphatic carbocycles. The van der Waals surface area contributed by atoms with Gasteiger partial charge in [-0.3, -0.25) is 9.69 Å². The number of sulfone groups is 1. The fraction of sp³-hybridized carbons (Fsp3) is 0.435. The number of amides is 1. The van der Waals surface area contributed by atoms with Gasteiger partial charge in [-0.25, -0.2) is 8.42 Å². The molecule has 1 N–H and O–H groups in total. The normalized spacial score (nSPS) is 12.7. The molecule has 6 heteroatoms. The number of likely N-dealkylation sites (N-methyl/N-ethyl adjacent to an activating group) is 1. The Bertz CT molecular complexity index is 861. The molecule has 0 aliphatic rings. The van der Waals surface area contributed by atoms with E-state index in [1.807, 2.05) is 25.1 Å². The lowest BCUT2D eigenvalue weighted by Gasteiger charge is -2.30. The molecule has 0 bridgehead atoms. The van der Waals surface area contributed by atoms with Crippen molar-refractivity contribution in [1.29, 1.82) is 0 Å². The van der Waals surface area contributed by atoms with E-state index in [9.17, 15) is 13.2 Å². The Hall–Kier alpha value is -2.18. The van der Waals surface area contributed by atoms with Crippen molar-refractivity contribution in [3.05, 3.63) is 65.7 Å². The summed E-state index contributed by atoms with van der Waals surface area (Å²) in [7, 11) is -3.46. The molecule has 2 rings (SSSR count). The van der Waals surface area contributed by atoms with E-state index in [1.165, 1.54) is 5.56 Å². The van der Waals surface area contributed by atoms with E-state index in [2.05, 4.69) is 36.2 Å². The lowest BCUT2D eigenvalue weighted by molar-refractivity contribution is -0.120.